The van der Waals surface area contributed by atoms with Gasteiger partial charge in [0.2, 0.25) is 0 Å². The maximum Gasteiger partial charge on any atom is 0.308 e. The number of ether oxygens (including phenoxy) is 2. The SMILES string of the molecule is [CH2]COCCC(=O)OCC. The highest BCUT2D eigenvalue weighted by Crippen LogP contribution is 1.86. The molecule has 0 N–H and O–H groups in total. The molecule has 1 radical (unpaired) electrons. The van der Waals surface area contributed by atoms with E-state index >= 15 is 0 Å². The summed E-state index contributed by atoms with van der Waals surface area (Å²) in [6.45, 7) is 6.47. The van der Waals surface area contributed by atoms with Crippen molar-refractivity contribution in [2.24, 2.45) is 0 Å². The van der Waals surface area contributed by atoms with E-state index in [0.717, 1.165) is 0 Å². The van der Waals surface area contributed by atoms with Gasteiger partial charge in [-0.15, -0.1) is 0 Å². The maximum atomic E-state index is 10.6. The van der Waals surface area contributed by atoms with Crippen LogP contribution < -0.4 is 0 Å². The lowest BCUT2D eigenvalue weighted by atomic mass is 10.5. The van der Waals surface area contributed by atoms with Gasteiger partial charge in [-0.2, -0.15) is 0 Å². The Morgan fingerprint density at radius 1 is 1.60 bits per heavy atom. The predicted molar refractivity (Wildman–Crippen MR) is 37.4 cm³/mol. The van der Waals surface area contributed by atoms with E-state index in [1.807, 2.05) is 0 Å². The summed E-state index contributed by atoms with van der Waals surface area (Å²) in [4.78, 5) is 10.6. The molecule has 0 fully saturated rings. The fourth-order valence-electron chi connectivity index (χ4n) is 0.491. The van der Waals surface area contributed by atoms with Crippen LogP contribution in [0.15, 0.2) is 0 Å². The molecule has 10 heavy (non-hydrogen) atoms. The number of hydrogen-bond acceptors (Lipinski definition) is 3. The molecule has 0 aromatic heterocycles. The Morgan fingerprint density at radius 2 is 2.30 bits per heavy atom. The van der Waals surface area contributed by atoms with Crippen LogP contribution in [0.4, 0.5) is 0 Å². The van der Waals surface area contributed by atoms with Crippen molar-refractivity contribution < 1.29 is 14.3 Å². The molecule has 3 nitrogen and oxygen atoms in total. The summed E-state index contributed by atoms with van der Waals surface area (Å²) >= 11 is 0. The van der Waals surface area contributed by atoms with Crippen LogP contribution in [0.1, 0.15) is 13.3 Å². The molecule has 59 valence electrons. The quantitative estimate of drug-likeness (QED) is 0.424. The fraction of sp³-hybridized carbons (Fsp3) is 0.714. The van der Waals surface area contributed by atoms with Gasteiger partial charge in [-0.3, -0.25) is 4.79 Å². The van der Waals surface area contributed by atoms with Crippen molar-refractivity contribution in [1.29, 1.82) is 0 Å². The van der Waals surface area contributed by atoms with E-state index in [9.17, 15) is 4.79 Å². The first-order valence-corrected chi connectivity index (χ1v) is 3.33. The van der Waals surface area contributed by atoms with Crippen molar-refractivity contribution >= 4 is 5.97 Å². The Balaban J connectivity index is 3.05. The number of hydrogen-bond donors (Lipinski definition) is 0. The normalized spacial score (nSPS) is 9.40. The van der Waals surface area contributed by atoms with Gasteiger partial charge in [0, 0.05) is 6.61 Å². The standard InChI is InChI=1S/C7H13O3/c1-3-9-6-5-7(8)10-4-2/h1,3-6H2,2H3. The van der Waals surface area contributed by atoms with E-state index in [1.54, 1.807) is 6.92 Å². The number of carbonyl (C=O) groups excluding carboxylic acids is 1. The number of esters is 1. The third-order valence-corrected chi connectivity index (χ3v) is 0.900. The molecule has 0 rings (SSSR count). The van der Waals surface area contributed by atoms with Crippen LogP contribution in [0.25, 0.3) is 0 Å². The van der Waals surface area contributed by atoms with Crippen molar-refractivity contribution in [3.63, 3.8) is 0 Å². The molecule has 0 aliphatic carbocycles. The minimum atomic E-state index is -0.212. The second kappa shape index (κ2) is 6.55. The van der Waals surface area contributed by atoms with Gasteiger partial charge in [0.15, 0.2) is 0 Å². The molecular formula is C7H13O3. The van der Waals surface area contributed by atoms with Gasteiger partial charge in [-0.25, -0.2) is 0 Å². The summed E-state index contributed by atoms with van der Waals surface area (Å²) in [5, 5.41) is 0. The Morgan fingerprint density at radius 3 is 2.80 bits per heavy atom. The average Bonchev–Trinajstić information content (AvgIpc) is 1.89. The second-order valence-corrected chi connectivity index (χ2v) is 1.67. The fourth-order valence-corrected chi connectivity index (χ4v) is 0.491. The third-order valence-electron chi connectivity index (χ3n) is 0.900. The van der Waals surface area contributed by atoms with Crippen LogP contribution >= 0.6 is 0 Å². The first kappa shape index (κ1) is 9.43. The summed E-state index contributed by atoms with van der Waals surface area (Å²) in [6, 6.07) is 0. The molecule has 0 aliphatic rings. The molecule has 0 heterocycles. The van der Waals surface area contributed by atoms with Gasteiger partial charge in [0.25, 0.3) is 0 Å². The molecule has 0 saturated carbocycles. The van der Waals surface area contributed by atoms with Crippen molar-refractivity contribution in [2.45, 2.75) is 13.3 Å². The Bertz CT molecular complexity index is 90.9. The largest absolute Gasteiger partial charge is 0.466 e. The Labute approximate surface area is 61.3 Å². The van der Waals surface area contributed by atoms with Gasteiger partial charge in [0.1, 0.15) is 0 Å². The zero-order valence-corrected chi connectivity index (χ0v) is 6.26. The van der Waals surface area contributed by atoms with Crippen LogP contribution in [0.5, 0.6) is 0 Å². The third kappa shape index (κ3) is 5.56. The van der Waals surface area contributed by atoms with Crippen LogP contribution in [-0.2, 0) is 14.3 Å². The van der Waals surface area contributed by atoms with Crippen molar-refractivity contribution in [1.82, 2.24) is 0 Å². The minimum absolute atomic E-state index is 0.212. The summed E-state index contributed by atoms with van der Waals surface area (Å²) in [6.07, 6.45) is 0.323. The van der Waals surface area contributed by atoms with E-state index in [-0.39, 0.29) is 5.97 Å². The summed E-state index contributed by atoms with van der Waals surface area (Å²) in [5.41, 5.74) is 0. The zero-order chi connectivity index (χ0) is 7.82. The highest BCUT2D eigenvalue weighted by atomic mass is 16.5. The molecular weight excluding hydrogens is 132 g/mol. The molecule has 0 aromatic rings. The van der Waals surface area contributed by atoms with E-state index in [1.165, 1.54) is 0 Å². The smallest absolute Gasteiger partial charge is 0.308 e. The molecule has 0 bridgehead atoms. The maximum absolute atomic E-state index is 10.6. The summed E-state index contributed by atoms with van der Waals surface area (Å²) < 4.78 is 9.49. The molecule has 0 aliphatic heterocycles. The average molecular weight is 145 g/mol. The highest BCUT2D eigenvalue weighted by molar-refractivity contribution is 5.69. The first-order valence-electron chi connectivity index (χ1n) is 3.33. The lowest BCUT2D eigenvalue weighted by Gasteiger charge is -2.00. The van der Waals surface area contributed by atoms with Gasteiger partial charge < -0.3 is 9.47 Å². The zero-order valence-electron chi connectivity index (χ0n) is 6.26. The van der Waals surface area contributed by atoms with Gasteiger partial charge in [0.05, 0.1) is 19.6 Å². The van der Waals surface area contributed by atoms with Crippen molar-refractivity contribution in [2.75, 3.05) is 19.8 Å². The van der Waals surface area contributed by atoms with Gasteiger partial charge in [-0.1, -0.05) is 0 Å². The van der Waals surface area contributed by atoms with Crippen molar-refractivity contribution in [3.05, 3.63) is 6.92 Å². The molecule has 0 saturated heterocycles. The Kier molecular flexibility index (Phi) is 6.18. The van der Waals surface area contributed by atoms with Gasteiger partial charge in [-0.05, 0) is 13.8 Å². The van der Waals surface area contributed by atoms with Crippen LogP contribution in [0.2, 0.25) is 0 Å². The minimum Gasteiger partial charge on any atom is -0.466 e. The number of carbonyl (C=O) groups is 1. The lowest BCUT2D eigenvalue weighted by Crippen LogP contribution is -2.07. The Hall–Kier alpha value is -0.570. The monoisotopic (exact) mass is 145 g/mol. The molecule has 0 spiro atoms. The summed E-state index contributed by atoms with van der Waals surface area (Å²) in [5.74, 6) is -0.212. The van der Waals surface area contributed by atoms with Crippen LogP contribution in [-0.4, -0.2) is 25.8 Å². The topological polar surface area (TPSA) is 35.5 Å². The van der Waals surface area contributed by atoms with Gasteiger partial charge >= 0.3 is 5.97 Å². The van der Waals surface area contributed by atoms with E-state index < -0.39 is 0 Å². The first-order chi connectivity index (χ1) is 4.81. The molecule has 0 aromatic carbocycles. The summed E-state index contributed by atoms with van der Waals surface area (Å²) in [7, 11) is 0. The highest BCUT2D eigenvalue weighted by Gasteiger charge is 1.98. The number of rotatable bonds is 5. The van der Waals surface area contributed by atoms with Crippen molar-refractivity contribution in [3.8, 4) is 0 Å². The predicted octanol–water partition coefficient (Wildman–Crippen LogP) is 0.790. The van der Waals surface area contributed by atoms with E-state index in [0.29, 0.717) is 26.2 Å². The molecule has 3 heteroatoms. The van der Waals surface area contributed by atoms with Crippen LogP contribution in [0, 0.1) is 6.92 Å². The molecule has 0 atom stereocenters. The van der Waals surface area contributed by atoms with E-state index in [2.05, 4.69) is 11.7 Å². The molecule has 0 amide bonds. The van der Waals surface area contributed by atoms with E-state index in [4.69, 9.17) is 4.74 Å². The molecule has 0 unspecified atom stereocenters. The second-order valence-electron chi connectivity index (χ2n) is 1.67. The van der Waals surface area contributed by atoms with Crippen LogP contribution in [0.3, 0.4) is 0 Å². The lowest BCUT2D eigenvalue weighted by molar-refractivity contribution is -0.144.